The summed E-state index contributed by atoms with van der Waals surface area (Å²) in [6, 6.07) is 1.63. The van der Waals surface area contributed by atoms with Crippen LogP contribution in [-0.4, -0.2) is 24.9 Å². The Balaban J connectivity index is 2.34. The van der Waals surface area contributed by atoms with Crippen molar-refractivity contribution in [3.8, 4) is 0 Å². The van der Waals surface area contributed by atoms with Crippen LogP contribution < -0.4 is 10.0 Å². The number of pyridine rings is 1. The molecule has 102 valence electrons. The van der Waals surface area contributed by atoms with Gasteiger partial charge in [-0.15, -0.1) is 11.3 Å². The third kappa shape index (κ3) is 3.21. The highest BCUT2D eigenvalue weighted by Gasteiger charge is 2.20. The molecule has 2 heterocycles. The van der Waals surface area contributed by atoms with Crippen LogP contribution in [0.15, 0.2) is 29.6 Å². The number of thiazole rings is 1. The first kappa shape index (κ1) is 13.8. The van der Waals surface area contributed by atoms with Gasteiger partial charge in [0.2, 0.25) is 0 Å². The van der Waals surface area contributed by atoms with Crippen molar-refractivity contribution < 1.29 is 8.42 Å². The average molecular weight is 298 g/mol. The fourth-order valence-electron chi connectivity index (χ4n) is 1.50. The van der Waals surface area contributed by atoms with E-state index < -0.39 is 10.0 Å². The number of hydrogen-bond donors (Lipinski definition) is 2. The topological polar surface area (TPSA) is 84.0 Å². The van der Waals surface area contributed by atoms with Crippen molar-refractivity contribution in [1.29, 1.82) is 0 Å². The predicted molar refractivity (Wildman–Crippen MR) is 76.1 cm³/mol. The monoisotopic (exact) mass is 298 g/mol. The van der Waals surface area contributed by atoms with E-state index in [2.05, 4.69) is 20.0 Å². The van der Waals surface area contributed by atoms with Gasteiger partial charge < -0.3 is 5.32 Å². The lowest BCUT2D eigenvalue weighted by atomic mass is 10.4. The number of sulfonamides is 1. The van der Waals surface area contributed by atoms with Crippen LogP contribution in [0.2, 0.25) is 0 Å². The molecule has 0 aliphatic heterocycles. The number of hydrogen-bond acceptors (Lipinski definition) is 6. The minimum Gasteiger partial charge on any atom is -0.384 e. The number of aryl methyl sites for hydroxylation is 1. The minimum absolute atomic E-state index is 0.115. The Bertz CT molecular complexity index is 667. The van der Waals surface area contributed by atoms with Gasteiger partial charge in [-0.25, -0.2) is 13.4 Å². The standard InChI is InChI=1S/C11H14N4O2S2/c1-3-13-9-4-5-12-7-10(9)19(16,17)15-11-14-6-8(2)18-11/h4-7H,3H2,1-2H3,(H,12,13)(H,14,15). The van der Waals surface area contributed by atoms with Crippen LogP contribution in [0.25, 0.3) is 0 Å². The molecular weight excluding hydrogens is 284 g/mol. The highest BCUT2D eigenvalue weighted by atomic mass is 32.2. The lowest BCUT2D eigenvalue weighted by Gasteiger charge is -2.10. The molecule has 0 saturated carbocycles. The summed E-state index contributed by atoms with van der Waals surface area (Å²) in [6.45, 7) is 4.39. The molecule has 19 heavy (non-hydrogen) atoms. The van der Waals surface area contributed by atoms with E-state index in [1.807, 2.05) is 13.8 Å². The highest BCUT2D eigenvalue weighted by Crippen LogP contribution is 2.24. The maximum absolute atomic E-state index is 12.3. The van der Waals surface area contributed by atoms with Gasteiger partial charge in [-0.1, -0.05) is 0 Å². The zero-order chi connectivity index (χ0) is 13.9. The Hall–Kier alpha value is -1.67. The smallest absolute Gasteiger partial charge is 0.267 e. The van der Waals surface area contributed by atoms with Gasteiger partial charge in [0.05, 0.1) is 5.69 Å². The fraction of sp³-hybridized carbons (Fsp3) is 0.273. The maximum atomic E-state index is 12.3. The molecule has 0 saturated heterocycles. The fourth-order valence-corrected chi connectivity index (χ4v) is 3.54. The van der Waals surface area contributed by atoms with Crippen LogP contribution in [0.5, 0.6) is 0 Å². The molecule has 0 fully saturated rings. The van der Waals surface area contributed by atoms with Gasteiger partial charge in [0.25, 0.3) is 10.0 Å². The van der Waals surface area contributed by atoms with E-state index in [0.29, 0.717) is 17.4 Å². The summed E-state index contributed by atoms with van der Waals surface area (Å²) in [5.41, 5.74) is 0.526. The van der Waals surface area contributed by atoms with Crippen LogP contribution in [-0.2, 0) is 10.0 Å². The number of nitrogens with zero attached hydrogens (tertiary/aromatic N) is 2. The van der Waals surface area contributed by atoms with Crippen LogP contribution in [0.3, 0.4) is 0 Å². The zero-order valence-corrected chi connectivity index (χ0v) is 12.2. The molecule has 0 unspecified atom stereocenters. The SMILES string of the molecule is CCNc1ccncc1S(=O)(=O)Nc1ncc(C)s1. The molecule has 0 aromatic carbocycles. The van der Waals surface area contributed by atoms with Crippen LogP contribution in [0.4, 0.5) is 10.8 Å². The molecule has 0 radical (unpaired) electrons. The molecule has 0 aliphatic rings. The maximum Gasteiger partial charge on any atom is 0.267 e. The molecule has 8 heteroatoms. The van der Waals surface area contributed by atoms with E-state index in [1.165, 1.54) is 17.5 Å². The number of aromatic nitrogens is 2. The zero-order valence-electron chi connectivity index (χ0n) is 10.5. The molecule has 2 aromatic rings. The summed E-state index contributed by atoms with van der Waals surface area (Å²) in [7, 11) is -3.68. The van der Waals surface area contributed by atoms with Gasteiger partial charge in [-0.3, -0.25) is 9.71 Å². The molecule has 6 nitrogen and oxygen atoms in total. The van der Waals surface area contributed by atoms with Crippen molar-refractivity contribution in [2.45, 2.75) is 18.7 Å². The quantitative estimate of drug-likeness (QED) is 0.883. The third-order valence-corrected chi connectivity index (χ3v) is 4.61. The molecule has 0 bridgehead atoms. The molecule has 2 N–H and O–H groups in total. The number of nitrogens with one attached hydrogen (secondary N) is 2. The second-order valence-electron chi connectivity index (χ2n) is 3.78. The second-order valence-corrected chi connectivity index (χ2v) is 6.67. The van der Waals surface area contributed by atoms with Crippen LogP contribution in [0, 0.1) is 6.92 Å². The van der Waals surface area contributed by atoms with E-state index >= 15 is 0 Å². The molecule has 2 rings (SSSR count). The summed E-state index contributed by atoms with van der Waals surface area (Å²) in [6.07, 6.45) is 4.49. The van der Waals surface area contributed by atoms with E-state index in [9.17, 15) is 8.42 Å². The van der Waals surface area contributed by atoms with E-state index in [-0.39, 0.29) is 4.90 Å². The summed E-state index contributed by atoms with van der Waals surface area (Å²) in [5.74, 6) is 0. The van der Waals surface area contributed by atoms with Crippen molar-refractivity contribution in [3.63, 3.8) is 0 Å². The van der Waals surface area contributed by atoms with Crippen LogP contribution >= 0.6 is 11.3 Å². The molecule has 2 aromatic heterocycles. The normalized spacial score (nSPS) is 11.3. The predicted octanol–water partition coefficient (Wildman–Crippen LogP) is 2.08. The molecule has 0 aliphatic carbocycles. The summed E-state index contributed by atoms with van der Waals surface area (Å²) in [5, 5.41) is 3.35. The van der Waals surface area contributed by atoms with E-state index in [1.54, 1.807) is 18.5 Å². The Kier molecular flexibility index (Phi) is 4.01. The van der Waals surface area contributed by atoms with Crippen LogP contribution in [0.1, 0.15) is 11.8 Å². The number of rotatable bonds is 5. The van der Waals surface area contributed by atoms with Crippen molar-refractivity contribution in [3.05, 3.63) is 29.5 Å². The Morgan fingerprint density at radius 2 is 2.16 bits per heavy atom. The van der Waals surface area contributed by atoms with Gasteiger partial charge in [0, 0.05) is 30.0 Å². The first-order chi connectivity index (χ1) is 9.03. The summed E-state index contributed by atoms with van der Waals surface area (Å²) < 4.78 is 27.0. The highest BCUT2D eigenvalue weighted by molar-refractivity contribution is 7.93. The Morgan fingerprint density at radius 3 is 2.79 bits per heavy atom. The van der Waals surface area contributed by atoms with Crippen molar-refractivity contribution in [2.24, 2.45) is 0 Å². The minimum atomic E-state index is -3.68. The first-order valence-corrected chi connectivity index (χ1v) is 7.96. The van der Waals surface area contributed by atoms with Gasteiger partial charge in [0.15, 0.2) is 5.13 Å². The molecule has 0 spiro atoms. The van der Waals surface area contributed by atoms with Gasteiger partial charge in [-0.05, 0) is 19.9 Å². The van der Waals surface area contributed by atoms with Crippen molar-refractivity contribution >= 4 is 32.2 Å². The summed E-state index contributed by atoms with van der Waals surface area (Å²) in [4.78, 5) is 8.91. The largest absolute Gasteiger partial charge is 0.384 e. The molecular formula is C11H14N4O2S2. The van der Waals surface area contributed by atoms with E-state index in [4.69, 9.17) is 0 Å². The van der Waals surface area contributed by atoms with Gasteiger partial charge in [-0.2, -0.15) is 0 Å². The second kappa shape index (κ2) is 5.54. The Morgan fingerprint density at radius 1 is 1.37 bits per heavy atom. The van der Waals surface area contributed by atoms with Gasteiger partial charge in [0.1, 0.15) is 4.90 Å². The third-order valence-electron chi connectivity index (χ3n) is 2.28. The summed E-state index contributed by atoms with van der Waals surface area (Å²) >= 11 is 1.29. The first-order valence-electron chi connectivity index (χ1n) is 5.66. The Labute approximate surface area is 116 Å². The lowest BCUT2D eigenvalue weighted by molar-refractivity contribution is 0.601. The van der Waals surface area contributed by atoms with Crippen molar-refractivity contribution in [2.75, 3.05) is 16.6 Å². The lowest BCUT2D eigenvalue weighted by Crippen LogP contribution is -2.15. The number of anilines is 2. The molecule has 0 amide bonds. The van der Waals surface area contributed by atoms with Crippen molar-refractivity contribution in [1.82, 2.24) is 9.97 Å². The van der Waals surface area contributed by atoms with E-state index in [0.717, 1.165) is 4.88 Å². The van der Waals surface area contributed by atoms with Gasteiger partial charge >= 0.3 is 0 Å². The average Bonchev–Trinajstić information content (AvgIpc) is 2.75. The molecule has 0 atom stereocenters.